The van der Waals surface area contributed by atoms with Gasteiger partial charge in [0, 0.05) is 22.1 Å². The number of likely N-dealkylation sites (tertiary alicyclic amines) is 1. The number of nitrogens with zero attached hydrogens (tertiary/aromatic N) is 1. The SMILES string of the molecule is CC(NC(=O)CN1CCC(c2c[nH]c3ccccc23)CC1)c1ccccc1Cl. The molecule has 3 aromatic rings. The molecule has 1 fully saturated rings. The number of carbonyl (C=O) groups excluding carboxylic acids is 1. The lowest BCUT2D eigenvalue weighted by Crippen LogP contribution is -2.41. The van der Waals surface area contributed by atoms with E-state index in [1.807, 2.05) is 31.2 Å². The quantitative estimate of drug-likeness (QED) is 0.646. The average Bonchev–Trinajstić information content (AvgIpc) is 3.13. The molecule has 1 saturated heterocycles. The molecule has 2 heterocycles. The Hall–Kier alpha value is -2.30. The van der Waals surface area contributed by atoms with Crippen LogP contribution in [-0.2, 0) is 4.79 Å². The molecule has 5 heteroatoms. The highest BCUT2D eigenvalue weighted by Gasteiger charge is 2.24. The number of nitrogens with one attached hydrogen (secondary N) is 2. The van der Waals surface area contributed by atoms with Gasteiger partial charge in [0.05, 0.1) is 12.6 Å². The molecule has 0 spiro atoms. The summed E-state index contributed by atoms with van der Waals surface area (Å²) in [6, 6.07) is 16.0. The molecular formula is C23H26ClN3O. The molecule has 2 aromatic carbocycles. The van der Waals surface area contributed by atoms with Gasteiger partial charge in [0.15, 0.2) is 0 Å². The third kappa shape index (κ3) is 4.08. The Bertz CT molecular complexity index is 959. The molecule has 1 aromatic heterocycles. The monoisotopic (exact) mass is 395 g/mol. The number of H-pyrrole nitrogens is 1. The first-order valence-electron chi connectivity index (χ1n) is 9.94. The van der Waals surface area contributed by atoms with Crippen molar-refractivity contribution in [3.8, 4) is 0 Å². The third-order valence-electron chi connectivity index (χ3n) is 5.77. The fourth-order valence-corrected chi connectivity index (χ4v) is 4.53. The van der Waals surface area contributed by atoms with Crippen molar-refractivity contribution in [1.29, 1.82) is 0 Å². The minimum atomic E-state index is -0.0926. The van der Waals surface area contributed by atoms with Crippen LogP contribution in [0, 0.1) is 0 Å². The summed E-state index contributed by atoms with van der Waals surface area (Å²) in [5, 5.41) is 5.09. The molecule has 1 aliphatic rings. The minimum absolute atomic E-state index is 0.0537. The predicted octanol–water partition coefficient (Wildman–Crippen LogP) is 4.88. The molecule has 0 bridgehead atoms. The van der Waals surface area contributed by atoms with Gasteiger partial charge in [-0.1, -0.05) is 48.0 Å². The van der Waals surface area contributed by atoms with Crippen LogP contribution in [0.5, 0.6) is 0 Å². The van der Waals surface area contributed by atoms with Gasteiger partial charge >= 0.3 is 0 Å². The maximum absolute atomic E-state index is 12.5. The van der Waals surface area contributed by atoms with Crippen LogP contribution in [0.15, 0.2) is 54.7 Å². The number of aromatic amines is 1. The molecule has 4 rings (SSSR count). The summed E-state index contributed by atoms with van der Waals surface area (Å²) in [4.78, 5) is 18.1. The first-order valence-corrected chi connectivity index (χ1v) is 10.3. The van der Waals surface area contributed by atoms with Crippen LogP contribution in [-0.4, -0.2) is 35.4 Å². The van der Waals surface area contributed by atoms with Gasteiger partial charge in [-0.25, -0.2) is 0 Å². The first kappa shape index (κ1) is 19.0. The van der Waals surface area contributed by atoms with E-state index in [-0.39, 0.29) is 11.9 Å². The lowest BCUT2D eigenvalue weighted by atomic mass is 9.89. The Morgan fingerprint density at radius 2 is 1.89 bits per heavy atom. The van der Waals surface area contributed by atoms with E-state index in [1.165, 1.54) is 16.5 Å². The standard InChI is InChI=1S/C23H26ClN3O/c1-16(18-6-2-4-8-21(18)24)26-23(28)15-27-12-10-17(11-13-27)20-14-25-22-9-5-3-7-19(20)22/h2-9,14,16-17,25H,10-13,15H2,1H3,(H,26,28). The van der Waals surface area contributed by atoms with Gasteiger partial charge in [0.2, 0.25) is 5.91 Å². The molecule has 0 radical (unpaired) electrons. The van der Waals surface area contributed by atoms with E-state index in [9.17, 15) is 4.79 Å². The van der Waals surface area contributed by atoms with E-state index in [2.05, 4.69) is 45.7 Å². The zero-order valence-electron chi connectivity index (χ0n) is 16.1. The summed E-state index contributed by atoms with van der Waals surface area (Å²) in [5.74, 6) is 0.607. The van der Waals surface area contributed by atoms with Gasteiger partial charge < -0.3 is 10.3 Å². The molecule has 1 unspecified atom stereocenters. The van der Waals surface area contributed by atoms with E-state index >= 15 is 0 Å². The van der Waals surface area contributed by atoms with Crippen molar-refractivity contribution in [3.63, 3.8) is 0 Å². The topological polar surface area (TPSA) is 48.1 Å². The number of rotatable bonds is 5. The highest BCUT2D eigenvalue weighted by Crippen LogP contribution is 2.33. The van der Waals surface area contributed by atoms with Gasteiger partial charge in [-0.2, -0.15) is 0 Å². The van der Waals surface area contributed by atoms with Crippen LogP contribution in [0.1, 0.15) is 42.9 Å². The smallest absolute Gasteiger partial charge is 0.234 e. The highest BCUT2D eigenvalue weighted by molar-refractivity contribution is 6.31. The summed E-state index contributed by atoms with van der Waals surface area (Å²) in [5.41, 5.74) is 3.57. The Morgan fingerprint density at radius 3 is 2.68 bits per heavy atom. The fraction of sp³-hybridized carbons (Fsp3) is 0.348. The lowest BCUT2D eigenvalue weighted by molar-refractivity contribution is -0.123. The number of hydrogen-bond acceptors (Lipinski definition) is 2. The number of amides is 1. The summed E-state index contributed by atoms with van der Waals surface area (Å²) < 4.78 is 0. The second kappa shape index (κ2) is 8.38. The Labute approximate surface area is 170 Å². The fourth-order valence-electron chi connectivity index (χ4n) is 4.23. The third-order valence-corrected chi connectivity index (χ3v) is 6.11. The van der Waals surface area contributed by atoms with Gasteiger partial charge in [-0.05, 0) is 62.0 Å². The maximum Gasteiger partial charge on any atom is 0.234 e. The van der Waals surface area contributed by atoms with Gasteiger partial charge in [-0.15, -0.1) is 0 Å². The van der Waals surface area contributed by atoms with Crippen LogP contribution < -0.4 is 5.32 Å². The molecule has 1 aliphatic heterocycles. The molecule has 1 atom stereocenters. The summed E-state index contributed by atoms with van der Waals surface area (Å²) in [6.07, 6.45) is 4.31. The van der Waals surface area contributed by atoms with Crippen molar-refractivity contribution >= 4 is 28.4 Å². The van der Waals surface area contributed by atoms with Crippen LogP contribution >= 0.6 is 11.6 Å². The Morgan fingerprint density at radius 1 is 1.18 bits per heavy atom. The minimum Gasteiger partial charge on any atom is -0.361 e. The van der Waals surface area contributed by atoms with Gasteiger partial charge in [0.25, 0.3) is 0 Å². The van der Waals surface area contributed by atoms with Crippen LogP contribution in [0.4, 0.5) is 0 Å². The van der Waals surface area contributed by atoms with Crippen molar-refractivity contribution in [2.24, 2.45) is 0 Å². The van der Waals surface area contributed by atoms with E-state index in [0.29, 0.717) is 17.5 Å². The van der Waals surface area contributed by atoms with Gasteiger partial charge in [0.1, 0.15) is 0 Å². The predicted molar refractivity (Wildman–Crippen MR) is 115 cm³/mol. The molecule has 146 valence electrons. The van der Waals surface area contributed by atoms with Crippen molar-refractivity contribution in [1.82, 2.24) is 15.2 Å². The van der Waals surface area contributed by atoms with Crippen molar-refractivity contribution in [2.45, 2.75) is 31.7 Å². The molecule has 0 saturated carbocycles. The van der Waals surface area contributed by atoms with Crippen molar-refractivity contribution < 1.29 is 4.79 Å². The molecule has 28 heavy (non-hydrogen) atoms. The number of hydrogen-bond donors (Lipinski definition) is 2. The number of halogens is 1. The second-order valence-corrected chi connectivity index (χ2v) is 8.06. The Kier molecular flexibility index (Phi) is 5.69. The van der Waals surface area contributed by atoms with E-state index in [1.54, 1.807) is 0 Å². The number of benzene rings is 2. The van der Waals surface area contributed by atoms with Crippen molar-refractivity contribution in [3.05, 3.63) is 70.9 Å². The van der Waals surface area contributed by atoms with Crippen LogP contribution in [0.2, 0.25) is 5.02 Å². The van der Waals surface area contributed by atoms with Gasteiger partial charge in [-0.3, -0.25) is 9.69 Å². The van der Waals surface area contributed by atoms with Crippen LogP contribution in [0.25, 0.3) is 10.9 Å². The van der Waals surface area contributed by atoms with Crippen LogP contribution in [0.3, 0.4) is 0 Å². The zero-order valence-corrected chi connectivity index (χ0v) is 16.9. The number of piperidine rings is 1. The molecule has 1 amide bonds. The molecule has 2 N–H and O–H groups in total. The zero-order chi connectivity index (χ0) is 19.5. The highest BCUT2D eigenvalue weighted by atomic mass is 35.5. The van der Waals surface area contributed by atoms with E-state index in [4.69, 9.17) is 11.6 Å². The maximum atomic E-state index is 12.5. The first-order chi connectivity index (χ1) is 13.6. The Balaban J connectivity index is 1.31. The number of carbonyl (C=O) groups is 1. The van der Waals surface area contributed by atoms with E-state index < -0.39 is 0 Å². The van der Waals surface area contributed by atoms with Crippen molar-refractivity contribution in [2.75, 3.05) is 19.6 Å². The average molecular weight is 396 g/mol. The summed E-state index contributed by atoms with van der Waals surface area (Å²) >= 11 is 6.24. The molecule has 0 aliphatic carbocycles. The largest absolute Gasteiger partial charge is 0.361 e. The number of aromatic nitrogens is 1. The number of fused-ring (bicyclic) bond motifs is 1. The summed E-state index contributed by atoms with van der Waals surface area (Å²) in [6.45, 7) is 4.30. The summed E-state index contributed by atoms with van der Waals surface area (Å²) in [7, 11) is 0. The van der Waals surface area contributed by atoms with E-state index in [0.717, 1.165) is 31.5 Å². The number of para-hydroxylation sites is 1. The normalized spacial score (nSPS) is 16.9. The lowest BCUT2D eigenvalue weighted by Gasteiger charge is -2.31. The molecular weight excluding hydrogens is 370 g/mol. The second-order valence-electron chi connectivity index (χ2n) is 7.65. The molecule has 4 nitrogen and oxygen atoms in total.